The predicted molar refractivity (Wildman–Crippen MR) is 130 cm³/mol. The molecule has 0 aromatic heterocycles. The van der Waals surface area contributed by atoms with Crippen molar-refractivity contribution in [2.75, 3.05) is 18.5 Å². The molecule has 4 rings (SSSR count). The highest BCUT2D eigenvalue weighted by atomic mass is 35.5. The molecule has 7 nitrogen and oxygen atoms in total. The Balaban J connectivity index is 1.51. The Bertz CT molecular complexity index is 1300. The van der Waals surface area contributed by atoms with Gasteiger partial charge in [0.15, 0.2) is 11.5 Å². The Hall–Kier alpha value is -3.49. The van der Waals surface area contributed by atoms with Gasteiger partial charge in [-0.3, -0.25) is 19.3 Å². The molecular weight excluding hydrogens is 464 g/mol. The number of anilines is 1. The number of imide groups is 1. The van der Waals surface area contributed by atoms with Gasteiger partial charge in [-0.2, -0.15) is 0 Å². The fourth-order valence-electron chi connectivity index (χ4n) is 3.40. The minimum Gasteiger partial charge on any atom is -0.503 e. The van der Waals surface area contributed by atoms with Crippen LogP contribution in [0.4, 0.5) is 10.5 Å². The Morgan fingerprint density at radius 1 is 1.18 bits per heavy atom. The SMILES string of the molecule is CCOc1cc(/C=C2\SC(=O)N(CC(=O)Nc3cccc4ccccc34)C2=O)cc(Cl)c1O. The van der Waals surface area contributed by atoms with Crippen LogP contribution in [0.2, 0.25) is 5.02 Å². The number of rotatable bonds is 6. The maximum atomic E-state index is 12.8. The second-order valence-corrected chi connectivity index (χ2v) is 8.53. The van der Waals surface area contributed by atoms with Crippen LogP contribution in [0.3, 0.4) is 0 Å². The number of halogens is 1. The van der Waals surface area contributed by atoms with Crippen LogP contribution in [0.15, 0.2) is 59.5 Å². The van der Waals surface area contributed by atoms with E-state index in [9.17, 15) is 19.5 Å². The number of aromatic hydroxyl groups is 1. The monoisotopic (exact) mass is 482 g/mol. The van der Waals surface area contributed by atoms with E-state index in [2.05, 4.69) is 5.32 Å². The van der Waals surface area contributed by atoms with Crippen molar-refractivity contribution >= 4 is 63.0 Å². The molecule has 0 atom stereocenters. The Labute approximate surface area is 199 Å². The zero-order valence-electron chi connectivity index (χ0n) is 17.5. The van der Waals surface area contributed by atoms with Gasteiger partial charge < -0.3 is 15.2 Å². The van der Waals surface area contributed by atoms with Crippen LogP contribution in [0.5, 0.6) is 11.5 Å². The van der Waals surface area contributed by atoms with E-state index in [1.807, 2.05) is 36.4 Å². The summed E-state index contributed by atoms with van der Waals surface area (Å²) in [7, 11) is 0. The molecule has 2 N–H and O–H groups in total. The lowest BCUT2D eigenvalue weighted by Crippen LogP contribution is -2.36. The van der Waals surface area contributed by atoms with Crippen molar-refractivity contribution in [3.8, 4) is 11.5 Å². The molecule has 0 saturated carbocycles. The number of hydrogen-bond acceptors (Lipinski definition) is 6. The first-order valence-electron chi connectivity index (χ1n) is 10.1. The maximum Gasteiger partial charge on any atom is 0.294 e. The van der Waals surface area contributed by atoms with Crippen LogP contribution in [0.25, 0.3) is 16.8 Å². The van der Waals surface area contributed by atoms with E-state index in [4.69, 9.17) is 16.3 Å². The van der Waals surface area contributed by atoms with Gasteiger partial charge in [0.25, 0.3) is 11.1 Å². The quantitative estimate of drug-likeness (QED) is 0.464. The number of hydrogen-bond donors (Lipinski definition) is 2. The zero-order valence-corrected chi connectivity index (χ0v) is 19.1. The molecule has 0 aliphatic carbocycles. The number of fused-ring (bicyclic) bond motifs is 1. The second kappa shape index (κ2) is 9.56. The third-order valence-corrected chi connectivity index (χ3v) is 6.08. The van der Waals surface area contributed by atoms with Crippen molar-refractivity contribution < 1.29 is 24.2 Å². The lowest BCUT2D eigenvalue weighted by molar-refractivity contribution is -0.127. The standard InChI is InChI=1S/C24H19ClN2O5S/c1-2-32-19-11-14(10-17(25)22(19)29)12-20-23(30)27(24(31)33-20)13-21(28)26-18-9-5-7-15-6-3-4-8-16(15)18/h3-12,29H,2,13H2,1H3,(H,26,28)/b20-12-. The van der Waals surface area contributed by atoms with Gasteiger partial charge in [-0.1, -0.05) is 48.0 Å². The summed E-state index contributed by atoms with van der Waals surface area (Å²) < 4.78 is 5.35. The summed E-state index contributed by atoms with van der Waals surface area (Å²) in [5.74, 6) is -1.10. The number of benzene rings is 3. The van der Waals surface area contributed by atoms with Crippen molar-refractivity contribution in [2.45, 2.75) is 6.92 Å². The average molecular weight is 483 g/mol. The molecule has 1 heterocycles. The van der Waals surface area contributed by atoms with E-state index in [0.717, 1.165) is 27.4 Å². The number of phenolic OH excluding ortho intramolecular Hbond substituents is 1. The van der Waals surface area contributed by atoms with E-state index < -0.39 is 23.6 Å². The molecule has 1 fully saturated rings. The highest BCUT2D eigenvalue weighted by Crippen LogP contribution is 2.38. The average Bonchev–Trinajstić information content (AvgIpc) is 3.05. The number of amides is 3. The van der Waals surface area contributed by atoms with E-state index in [1.54, 1.807) is 13.0 Å². The van der Waals surface area contributed by atoms with Gasteiger partial charge in [0, 0.05) is 11.1 Å². The maximum absolute atomic E-state index is 12.8. The summed E-state index contributed by atoms with van der Waals surface area (Å²) in [4.78, 5) is 38.9. The number of carbonyl (C=O) groups is 3. The van der Waals surface area contributed by atoms with Crippen LogP contribution in [-0.4, -0.2) is 40.2 Å². The molecule has 168 valence electrons. The number of thioether (sulfide) groups is 1. The summed E-state index contributed by atoms with van der Waals surface area (Å²) in [5, 5.41) is 14.1. The smallest absolute Gasteiger partial charge is 0.294 e. The first kappa shape index (κ1) is 22.7. The summed E-state index contributed by atoms with van der Waals surface area (Å²) in [6.45, 7) is 1.66. The molecule has 0 bridgehead atoms. The van der Waals surface area contributed by atoms with Crippen LogP contribution in [0, 0.1) is 0 Å². The minimum absolute atomic E-state index is 0.0564. The summed E-state index contributed by atoms with van der Waals surface area (Å²) >= 11 is 6.77. The summed E-state index contributed by atoms with van der Waals surface area (Å²) in [6.07, 6.45) is 1.47. The van der Waals surface area contributed by atoms with Crippen molar-refractivity contribution in [2.24, 2.45) is 0 Å². The summed E-state index contributed by atoms with van der Waals surface area (Å²) in [6, 6.07) is 16.1. The Kier molecular flexibility index (Phi) is 6.57. The van der Waals surface area contributed by atoms with E-state index in [-0.39, 0.29) is 21.4 Å². The molecule has 0 spiro atoms. The molecule has 0 unspecified atom stereocenters. The molecule has 3 amide bonds. The highest BCUT2D eigenvalue weighted by molar-refractivity contribution is 8.18. The molecule has 3 aromatic rings. The van der Waals surface area contributed by atoms with Gasteiger partial charge in [-0.15, -0.1) is 0 Å². The third kappa shape index (κ3) is 4.81. The van der Waals surface area contributed by atoms with Crippen LogP contribution < -0.4 is 10.1 Å². The first-order chi connectivity index (χ1) is 15.9. The fraction of sp³-hybridized carbons (Fsp3) is 0.125. The Morgan fingerprint density at radius 3 is 2.73 bits per heavy atom. The molecule has 1 aliphatic heterocycles. The molecule has 0 radical (unpaired) electrons. The largest absolute Gasteiger partial charge is 0.503 e. The topological polar surface area (TPSA) is 95.9 Å². The minimum atomic E-state index is -0.583. The number of nitrogens with zero attached hydrogens (tertiary/aromatic N) is 1. The fourth-order valence-corrected chi connectivity index (χ4v) is 4.46. The van der Waals surface area contributed by atoms with Crippen LogP contribution >= 0.6 is 23.4 Å². The van der Waals surface area contributed by atoms with Crippen molar-refractivity contribution in [3.05, 3.63) is 70.1 Å². The van der Waals surface area contributed by atoms with Gasteiger partial charge >= 0.3 is 0 Å². The van der Waals surface area contributed by atoms with Gasteiger partial charge in [0.05, 0.1) is 16.5 Å². The lowest BCUT2D eigenvalue weighted by atomic mass is 10.1. The van der Waals surface area contributed by atoms with Crippen molar-refractivity contribution in [3.63, 3.8) is 0 Å². The van der Waals surface area contributed by atoms with Crippen molar-refractivity contribution in [1.82, 2.24) is 4.90 Å². The normalized spacial score (nSPS) is 14.8. The van der Waals surface area contributed by atoms with E-state index in [1.165, 1.54) is 18.2 Å². The number of nitrogens with one attached hydrogen (secondary N) is 1. The Morgan fingerprint density at radius 2 is 1.94 bits per heavy atom. The number of phenols is 1. The predicted octanol–water partition coefficient (Wildman–Crippen LogP) is 5.27. The van der Waals surface area contributed by atoms with Gasteiger partial charge in [0.1, 0.15) is 6.54 Å². The molecule has 1 aliphatic rings. The van der Waals surface area contributed by atoms with E-state index >= 15 is 0 Å². The molecular formula is C24H19ClN2O5S. The second-order valence-electron chi connectivity index (χ2n) is 7.13. The van der Waals surface area contributed by atoms with Crippen LogP contribution in [0.1, 0.15) is 12.5 Å². The first-order valence-corrected chi connectivity index (χ1v) is 11.2. The van der Waals surface area contributed by atoms with Gasteiger partial charge in [-0.05, 0) is 53.9 Å². The van der Waals surface area contributed by atoms with Crippen molar-refractivity contribution in [1.29, 1.82) is 0 Å². The highest BCUT2D eigenvalue weighted by Gasteiger charge is 2.36. The lowest BCUT2D eigenvalue weighted by Gasteiger charge is -2.13. The molecule has 9 heteroatoms. The van der Waals surface area contributed by atoms with Gasteiger partial charge in [-0.25, -0.2) is 0 Å². The molecule has 1 saturated heterocycles. The van der Waals surface area contributed by atoms with E-state index in [0.29, 0.717) is 17.9 Å². The molecule has 3 aromatic carbocycles. The number of carbonyl (C=O) groups excluding carboxylic acids is 3. The van der Waals surface area contributed by atoms with Gasteiger partial charge in [0.2, 0.25) is 5.91 Å². The number of ether oxygens (including phenoxy) is 1. The van der Waals surface area contributed by atoms with Crippen LogP contribution in [-0.2, 0) is 9.59 Å². The summed E-state index contributed by atoms with van der Waals surface area (Å²) in [5.41, 5.74) is 1.08. The zero-order chi connectivity index (χ0) is 23.5. The third-order valence-electron chi connectivity index (χ3n) is 4.89. The molecule has 33 heavy (non-hydrogen) atoms.